The highest BCUT2D eigenvalue weighted by Gasteiger charge is 2.04. The summed E-state index contributed by atoms with van der Waals surface area (Å²) in [7, 11) is 0. The van der Waals surface area contributed by atoms with Crippen LogP contribution >= 0.6 is 11.3 Å². The van der Waals surface area contributed by atoms with Gasteiger partial charge in [-0.3, -0.25) is 0 Å². The number of aromatic nitrogens is 3. The Morgan fingerprint density at radius 3 is 3.00 bits per heavy atom. The molecule has 4 nitrogen and oxygen atoms in total. The highest BCUT2D eigenvalue weighted by molar-refractivity contribution is 7.09. The fourth-order valence-electron chi connectivity index (χ4n) is 1.78. The summed E-state index contributed by atoms with van der Waals surface area (Å²) in [6, 6.07) is 4.68. The Hall–Kier alpha value is -1.49. The molecule has 0 aromatic carbocycles. The molecule has 1 unspecified atom stereocenters. The lowest BCUT2D eigenvalue weighted by Gasteiger charge is -2.13. The van der Waals surface area contributed by atoms with E-state index in [0.29, 0.717) is 12.0 Å². The molecule has 0 spiro atoms. The van der Waals surface area contributed by atoms with Crippen LogP contribution in [0.1, 0.15) is 30.5 Å². The van der Waals surface area contributed by atoms with E-state index in [1.54, 1.807) is 6.33 Å². The van der Waals surface area contributed by atoms with Crippen molar-refractivity contribution < 1.29 is 0 Å². The van der Waals surface area contributed by atoms with Crippen LogP contribution in [0, 0.1) is 6.92 Å². The number of hydrogen-bond donors (Lipinski definition) is 1. The van der Waals surface area contributed by atoms with E-state index in [-0.39, 0.29) is 0 Å². The van der Waals surface area contributed by atoms with Crippen molar-refractivity contribution in [2.75, 3.05) is 5.32 Å². The molecule has 0 saturated heterocycles. The summed E-state index contributed by atoms with van der Waals surface area (Å²) in [4.78, 5) is 13.8. The number of hydrogen-bond acceptors (Lipinski definition) is 5. The Labute approximate surface area is 112 Å². The lowest BCUT2D eigenvalue weighted by atomic mass is 10.1. The molecule has 0 aliphatic heterocycles. The summed E-state index contributed by atoms with van der Waals surface area (Å²) in [6.45, 7) is 4.03. The Morgan fingerprint density at radius 1 is 1.39 bits per heavy atom. The van der Waals surface area contributed by atoms with E-state index >= 15 is 0 Å². The summed E-state index contributed by atoms with van der Waals surface area (Å²) in [5.41, 5.74) is 0. The molecule has 0 aliphatic rings. The molecule has 1 N–H and O–H groups in total. The lowest BCUT2D eigenvalue weighted by Crippen LogP contribution is -2.17. The highest BCUT2D eigenvalue weighted by Crippen LogP contribution is 2.13. The van der Waals surface area contributed by atoms with Crippen LogP contribution in [-0.2, 0) is 6.42 Å². The Kier molecular flexibility index (Phi) is 4.64. The van der Waals surface area contributed by atoms with Crippen LogP contribution in [0.4, 0.5) is 5.95 Å². The fourth-order valence-corrected chi connectivity index (χ4v) is 2.53. The summed E-state index contributed by atoms with van der Waals surface area (Å²) in [5, 5.41) is 5.43. The SMILES string of the molecule is Cc1ncnc(NC(C)CCCc2cccs2)n1. The predicted octanol–water partition coefficient (Wildman–Crippen LogP) is 3.06. The molecule has 0 bridgehead atoms. The van der Waals surface area contributed by atoms with Crippen molar-refractivity contribution in [3.8, 4) is 0 Å². The third-order valence-corrected chi connectivity index (χ3v) is 3.64. The van der Waals surface area contributed by atoms with Crippen molar-refractivity contribution in [1.82, 2.24) is 15.0 Å². The second-order valence-corrected chi connectivity index (χ2v) is 5.41. The normalized spacial score (nSPS) is 12.3. The van der Waals surface area contributed by atoms with Crippen LogP contribution in [-0.4, -0.2) is 21.0 Å². The fraction of sp³-hybridized carbons (Fsp3) is 0.462. The van der Waals surface area contributed by atoms with Gasteiger partial charge in [0.15, 0.2) is 0 Å². The number of rotatable bonds is 6. The third-order valence-electron chi connectivity index (χ3n) is 2.71. The molecule has 2 heterocycles. The minimum Gasteiger partial charge on any atom is -0.352 e. The van der Waals surface area contributed by atoms with Gasteiger partial charge in [-0.15, -0.1) is 11.3 Å². The van der Waals surface area contributed by atoms with Gasteiger partial charge in [0.1, 0.15) is 12.2 Å². The topological polar surface area (TPSA) is 50.7 Å². The van der Waals surface area contributed by atoms with Crippen LogP contribution in [0.15, 0.2) is 23.8 Å². The maximum atomic E-state index is 4.24. The summed E-state index contributed by atoms with van der Waals surface area (Å²) < 4.78 is 0. The molecule has 2 rings (SSSR count). The highest BCUT2D eigenvalue weighted by atomic mass is 32.1. The molecule has 2 aromatic rings. The van der Waals surface area contributed by atoms with Crippen LogP contribution in [0.3, 0.4) is 0 Å². The first-order chi connectivity index (χ1) is 8.74. The first kappa shape index (κ1) is 13.0. The monoisotopic (exact) mass is 262 g/mol. The van der Waals surface area contributed by atoms with Crippen LogP contribution in [0.2, 0.25) is 0 Å². The average Bonchev–Trinajstić information content (AvgIpc) is 2.82. The van der Waals surface area contributed by atoms with Gasteiger partial charge in [-0.25, -0.2) is 9.97 Å². The number of aryl methyl sites for hydroxylation is 2. The van der Waals surface area contributed by atoms with Crippen LogP contribution in [0.5, 0.6) is 0 Å². The van der Waals surface area contributed by atoms with E-state index in [1.165, 1.54) is 11.3 Å². The van der Waals surface area contributed by atoms with E-state index in [1.807, 2.05) is 18.3 Å². The average molecular weight is 262 g/mol. The minimum atomic E-state index is 0.381. The molecule has 5 heteroatoms. The van der Waals surface area contributed by atoms with E-state index in [2.05, 4.69) is 44.7 Å². The summed E-state index contributed by atoms with van der Waals surface area (Å²) in [6.07, 6.45) is 4.99. The standard InChI is InChI=1S/C13H18N4S/c1-10(5-3-6-12-7-4-8-18-12)16-13-15-9-14-11(2)17-13/h4,7-10H,3,5-6H2,1-2H3,(H,14,15,16,17). The second kappa shape index (κ2) is 6.44. The first-order valence-corrected chi connectivity index (χ1v) is 7.06. The molecule has 0 amide bonds. The van der Waals surface area contributed by atoms with Crippen LogP contribution in [0.25, 0.3) is 0 Å². The number of anilines is 1. The van der Waals surface area contributed by atoms with Crippen molar-refractivity contribution in [3.63, 3.8) is 0 Å². The molecule has 1 atom stereocenters. The zero-order chi connectivity index (χ0) is 12.8. The van der Waals surface area contributed by atoms with Crippen molar-refractivity contribution in [2.45, 2.75) is 39.2 Å². The Morgan fingerprint density at radius 2 is 2.28 bits per heavy atom. The Bertz CT molecular complexity index is 470. The van der Waals surface area contributed by atoms with Crippen LogP contribution < -0.4 is 5.32 Å². The Balaban J connectivity index is 1.73. The van der Waals surface area contributed by atoms with Gasteiger partial charge in [0.25, 0.3) is 0 Å². The number of nitrogens with zero attached hydrogens (tertiary/aromatic N) is 3. The molecule has 2 aromatic heterocycles. The first-order valence-electron chi connectivity index (χ1n) is 6.18. The molecule has 96 valence electrons. The molecule has 18 heavy (non-hydrogen) atoms. The maximum Gasteiger partial charge on any atom is 0.226 e. The smallest absolute Gasteiger partial charge is 0.226 e. The van der Waals surface area contributed by atoms with Gasteiger partial charge in [-0.1, -0.05) is 6.07 Å². The summed E-state index contributed by atoms with van der Waals surface area (Å²) in [5.74, 6) is 1.42. The quantitative estimate of drug-likeness (QED) is 0.869. The van der Waals surface area contributed by atoms with Gasteiger partial charge in [0.05, 0.1) is 0 Å². The molecule has 0 radical (unpaired) electrons. The maximum absolute atomic E-state index is 4.24. The van der Waals surface area contributed by atoms with Crippen molar-refractivity contribution >= 4 is 17.3 Å². The van der Waals surface area contributed by atoms with Gasteiger partial charge < -0.3 is 5.32 Å². The molecule has 0 fully saturated rings. The van der Waals surface area contributed by atoms with E-state index < -0.39 is 0 Å². The molecule has 0 aliphatic carbocycles. The van der Waals surface area contributed by atoms with E-state index in [0.717, 1.165) is 18.7 Å². The third kappa shape index (κ3) is 4.07. The van der Waals surface area contributed by atoms with Gasteiger partial charge in [-0.2, -0.15) is 4.98 Å². The molecular formula is C13H18N4S. The zero-order valence-corrected chi connectivity index (χ0v) is 11.6. The lowest BCUT2D eigenvalue weighted by molar-refractivity contribution is 0.652. The van der Waals surface area contributed by atoms with Crippen molar-refractivity contribution in [2.24, 2.45) is 0 Å². The van der Waals surface area contributed by atoms with E-state index in [9.17, 15) is 0 Å². The van der Waals surface area contributed by atoms with E-state index in [4.69, 9.17) is 0 Å². The van der Waals surface area contributed by atoms with Gasteiger partial charge in [0.2, 0.25) is 5.95 Å². The second-order valence-electron chi connectivity index (χ2n) is 4.37. The van der Waals surface area contributed by atoms with Crippen molar-refractivity contribution in [3.05, 3.63) is 34.5 Å². The number of nitrogens with one attached hydrogen (secondary N) is 1. The molecule has 0 saturated carbocycles. The van der Waals surface area contributed by atoms with Gasteiger partial charge >= 0.3 is 0 Å². The molecular weight excluding hydrogens is 244 g/mol. The zero-order valence-electron chi connectivity index (χ0n) is 10.8. The largest absolute Gasteiger partial charge is 0.352 e. The van der Waals surface area contributed by atoms with Crippen molar-refractivity contribution in [1.29, 1.82) is 0 Å². The number of thiophene rings is 1. The summed E-state index contributed by atoms with van der Waals surface area (Å²) >= 11 is 1.83. The predicted molar refractivity (Wildman–Crippen MR) is 74.9 cm³/mol. The van der Waals surface area contributed by atoms with Gasteiger partial charge in [-0.05, 0) is 44.6 Å². The minimum absolute atomic E-state index is 0.381. The van der Waals surface area contributed by atoms with Gasteiger partial charge in [0, 0.05) is 10.9 Å².